The highest BCUT2D eigenvalue weighted by Gasteiger charge is 2.21. The number of para-hydroxylation sites is 1. The number of piperidine rings is 1. The van der Waals surface area contributed by atoms with Gasteiger partial charge in [-0.2, -0.15) is 0 Å². The van der Waals surface area contributed by atoms with Crippen molar-refractivity contribution >= 4 is 5.78 Å². The standard InChI is InChI=1S/C13H17NO2/c15-12-4-2-1-3-11(12)9-13(16)10-5-7-14-8-6-10/h1-4,10,14-15H,5-9H2. The first kappa shape index (κ1) is 11.1. The van der Waals surface area contributed by atoms with Crippen molar-refractivity contribution in [2.24, 2.45) is 5.92 Å². The van der Waals surface area contributed by atoms with Gasteiger partial charge in [0, 0.05) is 17.9 Å². The van der Waals surface area contributed by atoms with Gasteiger partial charge in [0.05, 0.1) is 0 Å². The Kier molecular flexibility index (Phi) is 3.57. The van der Waals surface area contributed by atoms with Gasteiger partial charge in [-0.25, -0.2) is 0 Å². The molecule has 0 spiro atoms. The van der Waals surface area contributed by atoms with Gasteiger partial charge in [0.15, 0.2) is 0 Å². The minimum atomic E-state index is 0.167. The molecule has 0 saturated carbocycles. The zero-order valence-corrected chi connectivity index (χ0v) is 9.28. The van der Waals surface area contributed by atoms with Crippen LogP contribution in [-0.4, -0.2) is 24.0 Å². The van der Waals surface area contributed by atoms with Crippen LogP contribution in [-0.2, 0) is 11.2 Å². The molecule has 16 heavy (non-hydrogen) atoms. The van der Waals surface area contributed by atoms with E-state index in [0.717, 1.165) is 31.5 Å². The van der Waals surface area contributed by atoms with Crippen LogP contribution in [0.25, 0.3) is 0 Å². The number of hydrogen-bond donors (Lipinski definition) is 2. The van der Waals surface area contributed by atoms with E-state index in [1.807, 2.05) is 12.1 Å². The second kappa shape index (κ2) is 5.12. The number of aromatic hydroxyl groups is 1. The fourth-order valence-electron chi connectivity index (χ4n) is 2.14. The lowest BCUT2D eigenvalue weighted by molar-refractivity contribution is -0.122. The first-order chi connectivity index (χ1) is 7.77. The molecule has 2 rings (SSSR count). The van der Waals surface area contributed by atoms with E-state index < -0.39 is 0 Å². The SMILES string of the molecule is O=C(Cc1ccccc1O)C1CCNCC1. The summed E-state index contributed by atoms with van der Waals surface area (Å²) in [6.07, 6.45) is 2.20. The Bertz CT molecular complexity index is 370. The molecule has 1 aromatic carbocycles. The number of benzene rings is 1. The lowest BCUT2D eigenvalue weighted by atomic mass is 9.90. The van der Waals surface area contributed by atoms with Gasteiger partial charge >= 0.3 is 0 Å². The Morgan fingerprint density at radius 2 is 2.00 bits per heavy atom. The lowest BCUT2D eigenvalue weighted by Crippen LogP contribution is -2.32. The summed E-state index contributed by atoms with van der Waals surface area (Å²) < 4.78 is 0. The van der Waals surface area contributed by atoms with Gasteiger partial charge in [-0.3, -0.25) is 4.79 Å². The van der Waals surface area contributed by atoms with Gasteiger partial charge in [0.25, 0.3) is 0 Å². The molecule has 0 unspecified atom stereocenters. The van der Waals surface area contributed by atoms with Crippen molar-refractivity contribution < 1.29 is 9.90 Å². The number of rotatable bonds is 3. The van der Waals surface area contributed by atoms with Crippen molar-refractivity contribution in [3.8, 4) is 5.75 Å². The van der Waals surface area contributed by atoms with Crippen molar-refractivity contribution in [1.82, 2.24) is 5.32 Å². The van der Waals surface area contributed by atoms with Crippen molar-refractivity contribution in [2.45, 2.75) is 19.3 Å². The van der Waals surface area contributed by atoms with Gasteiger partial charge in [-0.05, 0) is 32.0 Å². The molecule has 1 aliphatic heterocycles. The number of hydrogen-bond acceptors (Lipinski definition) is 3. The monoisotopic (exact) mass is 219 g/mol. The molecule has 1 fully saturated rings. The second-order valence-electron chi connectivity index (χ2n) is 4.30. The fraction of sp³-hybridized carbons (Fsp3) is 0.462. The first-order valence-corrected chi connectivity index (χ1v) is 5.77. The zero-order chi connectivity index (χ0) is 11.4. The van der Waals surface area contributed by atoms with E-state index in [-0.39, 0.29) is 17.5 Å². The van der Waals surface area contributed by atoms with E-state index in [1.165, 1.54) is 0 Å². The molecule has 2 N–H and O–H groups in total. The normalized spacial score (nSPS) is 17.2. The summed E-state index contributed by atoms with van der Waals surface area (Å²) in [5.74, 6) is 0.647. The molecule has 3 nitrogen and oxygen atoms in total. The summed E-state index contributed by atoms with van der Waals surface area (Å²) >= 11 is 0. The smallest absolute Gasteiger partial charge is 0.140 e. The quantitative estimate of drug-likeness (QED) is 0.810. The van der Waals surface area contributed by atoms with E-state index in [2.05, 4.69) is 5.32 Å². The highest BCUT2D eigenvalue weighted by Crippen LogP contribution is 2.20. The molecule has 0 amide bonds. The molecule has 1 aromatic rings. The number of Topliss-reactive ketones (excluding diaryl/α,β-unsaturated/α-hetero) is 1. The minimum absolute atomic E-state index is 0.167. The highest BCUT2D eigenvalue weighted by molar-refractivity contribution is 5.83. The average Bonchev–Trinajstić information content (AvgIpc) is 2.33. The van der Waals surface area contributed by atoms with Crippen molar-refractivity contribution in [2.75, 3.05) is 13.1 Å². The van der Waals surface area contributed by atoms with Crippen LogP contribution in [0.1, 0.15) is 18.4 Å². The Balaban J connectivity index is 1.99. The number of nitrogens with one attached hydrogen (secondary N) is 1. The topological polar surface area (TPSA) is 49.3 Å². The fourth-order valence-corrected chi connectivity index (χ4v) is 2.14. The Morgan fingerprint density at radius 3 is 2.69 bits per heavy atom. The molecular formula is C13H17NO2. The number of carbonyl (C=O) groups is 1. The summed E-state index contributed by atoms with van der Waals surface area (Å²) in [5.41, 5.74) is 0.742. The van der Waals surface area contributed by atoms with E-state index in [4.69, 9.17) is 0 Å². The zero-order valence-electron chi connectivity index (χ0n) is 9.28. The van der Waals surface area contributed by atoms with Crippen LogP contribution in [0.4, 0.5) is 0 Å². The summed E-state index contributed by atoms with van der Waals surface area (Å²) in [6, 6.07) is 7.07. The maximum Gasteiger partial charge on any atom is 0.140 e. The predicted octanol–water partition coefficient (Wildman–Crippen LogP) is 1.50. The summed E-state index contributed by atoms with van der Waals surface area (Å²) in [6.45, 7) is 1.86. The molecule has 1 saturated heterocycles. The van der Waals surface area contributed by atoms with E-state index in [1.54, 1.807) is 12.1 Å². The van der Waals surface area contributed by atoms with Crippen LogP contribution in [0.15, 0.2) is 24.3 Å². The maximum absolute atomic E-state index is 12.0. The average molecular weight is 219 g/mol. The van der Waals surface area contributed by atoms with Crippen LogP contribution in [0, 0.1) is 5.92 Å². The third-order valence-corrected chi connectivity index (χ3v) is 3.15. The second-order valence-corrected chi connectivity index (χ2v) is 4.30. The van der Waals surface area contributed by atoms with Gasteiger partial charge in [-0.15, -0.1) is 0 Å². The third kappa shape index (κ3) is 2.61. The number of phenols is 1. The van der Waals surface area contributed by atoms with Gasteiger partial charge in [0.2, 0.25) is 0 Å². The summed E-state index contributed by atoms with van der Waals surface area (Å²) in [5, 5.41) is 12.8. The molecule has 0 radical (unpaired) electrons. The van der Waals surface area contributed by atoms with Crippen LogP contribution in [0.2, 0.25) is 0 Å². The molecular weight excluding hydrogens is 202 g/mol. The molecule has 0 bridgehead atoms. The van der Waals surface area contributed by atoms with Crippen LogP contribution in [0.5, 0.6) is 5.75 Å². The molecule has 0 aromatic heterocycles. The first-order valence-electron chi connectivity index (χ1n) is 5.77. The Morgan fingerprint density at radius 1 is 1.31 bits per heavy atom. The molecule has 3 heteroatoms. The van der Waals surface area contributed by atoms with Crippen molar-refractivity contribution in [1.29, 1.82) is 0 Å². The molecule has 0 atom stereocenters. The molecule has 0 aliphatic carbocycles. The summed E-state index contributed by atoms with van der Waals surface area (Å²) in [4.78, 5) is 12.0. The number of ketones is 1. The van der Waals surface area contributed by atoms with Gasteiger partial charge < -0.3 is 10.4 Å². The third-order valence-electron chi connectivity index (χ3n) is 3.15. The Labute approximate surface area is 95.5 Å². The Hall–Kier alpha value is -1.35. The molecule has 1 heterocycles. The van der Waals surface area contributed by atoms with Crippen molar-refractivity contribution in [3.63, 3.8) is 0 Å². The van der Waals surface area contributed by atoms with E-state index in [9.17, 15) is 9.90 Å². The van der Waals surface area contributed by atoms with Gasteiger partial charge in [-0.1, -0.05) is 18.2 Å². The largest absolute Gasteiger partial charge is 0.508 e. The van der Waals surface area contributed by atoms with E-state index in [0.29, 0.717) is 6.42 Å². The highest BCUT2D eigenvalue weighted by atomic mass is 16.3. The minimum Gasteiger partial charge on any atom is -0.508 e. The van der Waals surface area contributed by atoms with E-state index >= 15 is 0 Å². The lowest BCUT2D eigenvalue weighted by Gasteiger charge is -2.21. The predicted molar refractivity (Wildman–Crippen MR) is 62.4 cm³/mol. The summed E-state index contributed by atoms with van der Waals surface area (Å²) in [7, 11) is 0. The van der Waals surface area contributed by atoms with Crippen LogP contribution < -0.4 is 5.32 Å². The molecule has 1 aliphatic rings. The maximum atomic E-state index is 12.0. The molecule has 86 valence electrons. The van der Waals surface area contributed by atoms with Gasteiger partial charge in [0.1, 0.15) is 11.5 Å². The van der Waals surface area contributed by atoms with Crippen molar-refractivity contribution in [3.05, 3.63) is 29.8 Å². The number of carbonyl (C=O) groups excluding carboxylic acids is 1. The number of phenolic OH excluding ortho intramolecular Hbond substituents is 1. The van der Waals surface area contributed by atoms with Crippen LogP contribution in [0.3, 0.4) is 0 Å². The van der Waals surface area contributed by atoms with Crippen LogP contribution >= 0.6 is 0 Å².